The fraction of sp³-hybridized carbons (Fsp3) is 0.273. The molecule has 0 bridgehead atoms. The summed E-state index contributed by atoms with van der Waals surface area (Å²) < 4.78 is 0. The Balaban J connectivity index is 1.31. The van der Waals surface area contributed by atoms with Crippen molar-refractivity contribution in [2.45, 2.75) is 25.9 Å². The summed E-state index contributed by atoms with van der Waals surface area (Å²) in [5.41, 5.74) is 2.71. The third-order valence-electron chi connectivity index (χ3n) is 5.07. The molecule has 1 aliphatic rings. The number of amides is 1. The Morgan fingerprint density at radius 2 is 2.07 bits per heavy atom. The molecule has 1 fully saturated rings. The molecule has 1 atom stereocenters. The van der Waals surface area contributed by atoms with Crippen LogP contribution in [0.25, 0.3) is 0 Å². The number of aromatic nitrogens is 1. The summed E-state index contributed by atoms with van der Waals surface area (Å²) in [5.74, 6) is 0.783. The number of hydrogen-bond donors (Lipinski definition) is 2. The number of anilines is 2. The standard InChI is InChI=1S/C22H24N4OS/c1-16-10-12-28-20(16)14-23-19-9-11-26(15-19)21-8-7-17(13-24-21)22(27)25-18-5-3-2-4-6-18/h2-8,10,12-13,19,23H,9,11,14-15H2,1H3,(H,25,27)/t19-/m1/s1. The van der Waals surface area contributed by atoms with Crippen LogP contribution >= 0.6 is 11.3 Å². The maximum Gasteiger partial charge on any atom is 0.257 e. The van der Waals surface area contributed by atoms with Crippen molar-refractivity contribution >= 4 is 28.7 Å². The van der Waals surface area contributed by atoms with E-state index in [1.54, 1.807) is 6.20 Å². The highest BCUT2D eigenvalue weighted by atomic mass is 32.1. The van der Waals surface area contributed by atoms with Crippen LogP contribution in [-0.4, -0.2) is 30.0 Å². The van der Waals surface area contributed by atoms with Crippen molar-refractivity contribution < 1.29 is 4.79 Å². The zero-order chi connectivity index (χ0) is 19.3. The molecule has 4 rings (SSSR count). The molecule has 1 amide bonds. The van der Waals surface area contributed by atoms with E-state index < -0.39 is 0 Å². The molecule has 144 valence electrons. The van der Waals surface area contributed by atoms with Crippen molar-refractivity contribution in [2.24, 2.45) is 0 Å². The Kier molecular flexibility index (Phi) is 5.69. The van der Waals surface area contributed by atoms with Gasteiger partial charge in [-0.25, -0.2) is 4.98 Å². The van der Waals surface area contributed by atoms with Gasteiger partial charge >= 0.3 is 0 Å². The SMILES string of the molecule is Cc1ccsc1CN[C@@H]1CCN(c2ccc(C(=O)Nc3ccccc3)cn2)C1. The fourth-order valence-electron chi connectivity index (χ4n) is 3.39. The molecule has 0 saturated carbocycles. The average molecular weight is 393 g/mol. The van der Waals surface area contributed by atoms with Gasteiger partial charge in [0.2, 0.25) is 0 Å². The molecular weight excluding hydrogens is 368 g/mol. The molecule has 0 radical (unpaired) electrons. The number of para-hydroxylation sites is 1. The van der Waals surface area contributed by atoms with Gasteiger partial charge in [-0.2, -0.15) is 0 Å². The first-order valence-electron chi connectivity index (χ1n) is 9.53. The molecule has 5 nitrogen and oxygen atoms in total. The number of pyridine rings is 1. The number of nitrogens with one attached hydrogen (secondary N) is 2. The van der Waals surface area contributed by atoms with Crippen LogP contribution in [0.2, 0.25) is 0 Å². The molecule has 2 aromatic heterocycles. The van der Waals surface area contributed by atoms with Gasteiger partial charge in [-0.05, 0) is 54.6 Å². The summed E-state index contributed by atoms with van der Waals surface area (Å²) in [5, 5.41) is 8.69. The number of thiophene rings is 1. The second-order valence-corrected chi connectivity index (χ2v) is 8.07. The molecule has 1 aromatic carbocycles. The van der Waals surface area contributed by atoms with E-state index >= 15 is 0 Å². The van der Waals surface area contributed by atoms with Crippen LogP contribution in [0.15, 0.2) is 60.1 Å². The van der Waals surface area contributed by atoms with Crippen LogP contribution in [-0.2, 0) is 6.54 Å². The summed E-state index contributed by atoms with van der Waals surface area (Å²) in [6.45, 7) is 5.00. The van der Waals surface area contributed by atoms with E-state index in [-0.39, 0.29) is 5.91 Å². The molecule has 0 spiro atoms. The van der Waals surface area contributed by atoms with E-state index in [2.05, 4.69) is 38.9 Å². The molecule has 3 heterocycles. The third-order valence-corrected chi connectivity index (χ3v) is 6.10. The van der Waals surface area contributed by atoms with E-state index in [4.69, 9.17) is 0 Å². The van der Waals surface area contributed by atoms with Gasteiger partial charge in [-0.1, -0.05) is 18.2 Å². The van der Waals surface area contributed by atoms with Crippen LogP contribution < -0.4 is 15.5 Å². The number of carbonyl (C=O) groups excluding carboxylic acids is 1. The summed E-state index contributed by atoms with van der Waals surface area (Å²) in [6, 6.07) is 15.9. The van der Waals surface area contributed by atoms with Crippen molar-refractivity contribution in [3.8, 4) is 0 Å². The van der Waals surface area contributed by atoms with E-state index in [9.17, 15) is 4.79 Å². The Bertz CT molecular complexity index is 923. The minimum absolute atomic E-state index is 0.141. The monoisotopic (exact) mass is 392 g/mol. The van der Waals surface area contributed by atoms with Crippen LogP contribution in [0.3, 0.4) is 0 Å². The number of hydrogen-bond acceptors (Lipinski definition) is 5. The number of nitrogens with zero attached hydrogens (tertiary/aromatic N) is 2. The first kappa shape index (κ1) is 18.7. The number of benzene rings is 1. The van der Waals surface area contributed by atoms with Gasteiger partial charge in [-0.15, -0.1) is 11.3 Å². The molecule has 3 aromatic rings. The number of rotatable bonds is 6. The van der Waals surface area contributed by atoms with Crippen LogP contribution in [0.5, 0.6) is 0 Å². The highest BCUT2D eigenvalue weighted by Gasteiger charge is 2.23. The molecule has 6 heteroatoms. The van der Waals surface area contributed by atoms with Crippen LogP contribution in [0.1, 0.15) is 27.2 Å². The van der Waals surface area contributed by atoms with Gasteiger partial charge in [-0.3, -0.25) is 4.79 Å². The minimum atomic E-state index is -0.141. The fourth-order valence-corrected chi connectivity index (χ4v) is 4.25. The third kappa shape index (κ3) is 4.40. The summed E-state index contributed by atoms with van der Waals surface area (Å²) in [7, 11) is 0. The van der Waals surface area contributed by atoms with Crippen molar-refractivity contribution in [3.05, 3.63) is 76.1 Å². The van der Waals surface area contributed by atoms with E-state index in [0.717, 1.165) is 37.6 Å². The Morgan fingerprint density at radius 1 is 1.21 bits per heavy atom. The summed E-state index contributed by atoms with van der Waals surface area (Å²) in [4.78, 5) is 20.6. The van der Waals surface area contributed by atoms with Crippen molar-refractivity contribution in [3.63, 3.8) is 0 Å². The van der Waals surface area contributed by atoms with Crippen LogP contribution in [0.4, 0.5) is 11.5 Å². The zero-order valence-electron chi connectivity index (χ0n) is 15.9. The predicted octanol–water partition coefficient (Wildman–Crippen LogP) is 4.07. The smallest absolute Gasteiger partial charge is 0.257 e. The van der Waals surface area contributed by atoms with Gasteiger partial charge < -0.3 is 15.5 Å². The minimum Gasteiger partial charge on any atom is -0.355 e. The first-order chi connectivity index (χ1) is 13.7. The highest BCUT2D eigenvalue weighted by molar-refractivity contribution is 7.10. The van der Waals surface area contributed by atoms with E-state index in [1.807, 2.05) is 53.8 Å². The molecule has 28 heavy (non-hydrogen) atoms. The number of aryl methyl sites for hydroxylation is 1. The van der Waals surface area contributed by atoms with Gasteiger partial charge in [0, 0.05) is 42.4 Å². The Hall–Kier alpha value is -2.70. The molecular formula is C22H24N4OS. The number of carbonyl (C=O) groups is 1. The Labute approximate surface area is 169 Å². The van der Waals surface area contributed by atoms with E-state index in [0.29, 0.717) is 11.6 Å². The maximum atomic E-state index is 12.4. The quantitative estimate of drug-likeness (QED) is 0.664. The molecule has 1 saturated heterocycles. The lowest BCUT2D eigenvalue weighted by molar-refractivity contribution is 0.102. The average Bonchev–Trinajstić information content (AvgIpc) is 3.36. The highest BCUT2D eigenvalue weighted by Crippen LogP contribution is 2.20. The normalized spacial score (nSPS) is 16.3. The molecule has 0 aliphatic carbocycles. The molecule has 1 aliphatic heterocycles. The zero-order valence-corrected chi connectivity index (χ0v) is 16.7. The van der Waals surface area contributed by atoms with Gasteiger partial charge in [0.15, 0.2) is 0 Å². The second-order valence-electron chi connectivity index (χ2n) is 7.06. The van der Waals surface area contributed by atoms with Crippen molar-refractivity contribution in [2.75, 3.05) is 23.3 Å². The summed E-state index contributed by atoms with van der Waals surface area (Å²) >= 11 is 1.81. The lowest BCUT2D eigenvalue weighted by Crippen LogP contribution is -2.32. The van der Waals surface area contributed by atoms with Crippen molar-refractivity contribution in [1.82, 2.24) is 10.3 Å². The van der Waals surface area contributed by atoms with Gasteiger partial charge in [0.25, 0.3) is 5.91 Å². The van der Waals surface area contributed by atoms with E-state index in [1.165, 1.54) is 10.4 Å². The van der Waals surface area contributed by atoms with Crippen LogP contribution in [0, 0.1) is 6.92 Å². The summed E-state index contributed by atoms with van der Waals surface area (Å²) in [6.07, 6.45) is 2.76. The second kappa shape index (κ2) is 8.54. The maximum absolute atomic E-state index is 12.4. The first-order valence-corrected chi connectivity index (χ1v) is 10.4. The lowest BCUT2D eigenvalue weighted by atomic mass is 10.2. The van der Waals surface area contributed by atoms with Gasteiger partial charge in [0.05, 0.1) is 5.56 Å². The van der Waals surface area contributed by atoms with Gasteiger partial charge in [0.1, 0.15) is 5.82 Å². The topological polar surface area (TPSA) is 57.3 Å². The van der Waals surface area contributed by atoms with Crippen molar-refractivity contribution in [1.29, 1.82) is 0 Å². The Morgan fingerprint density at radius 3 is 2.79 bits per heavy atom. The molecule has 2 N–H and O–H groups in total. The lowest BCUT2D eigenvalue weighted by Gasteiger charge is -2.18. The molecule has 0 unspecified atom stereocenters. The largest absolute Gasteiger partial charge is 0.355 e. The predicted molar refractivity (Wildman–Crippen MR) is 115 cm³/mol.